The van der Waals surface area contributed by atoms with Crippen molar-refractivity contribution in [2.45, 2.75) is 6.54 Å². The normalized spacial score (nSPS) is 14.2. The highest BCUT2D eigenvalue weighted by Gasteiger charge is 2.16. The summed E-state index contributed by atoms with van der Waals surface area (Å²) < 4.78 is 18.9. The Morgan fingerprint density at radius 3 is 2.79 bits per heavy atom. The number of likely N-dealkylation sites (N-methyl/N-ethyl adjacent to an activating group) is 1. The van der Waals surface area contributed by atoms with Crippen molar-refractivity contribution in [3.8, 4) is 0 Å². The molecule has 130 valence electrons. The highest BCUT2D eigenvalue weighted by molar-refractivity contribution is 5.90. The van der Waals surface area contributed by atoms with Gasteiger partial charge in [-0.3, -0.25) is 9.59 Å². The Bertz CT molecular complexity index is 615. The summed E-state index contributed by atoms with van der Waals surface area (Å²) >= 11 is 0. The Morgan fingerprint density at radius 2 is 2.12 bits per heavy atom. The highest BCUT2D eigenvalue weighted by atomic mass is 19.1. The lowest BCUT2D eigenvalue weighted by Gasteiger charge is -2.30. The summed E-state index contributed by atoms with van der Waals surface area (Å²) in [4.78, 5) is 26.7. The van der Waals surface area contributed by atoms with Gasteiger partial charge in [-0.15, -0.1) is 0 Å². The number of ether oxygens (including phenoxy) is 1. The van der Waals surface area contributed by atoms with Crippen LogP contribution in [0.5, 0.6) is 0 Å². The number of nitrogens with zero attached hydrogens (tertiary/aromatic N) is 2. The molecule has 6 nitrogen and oxygen atoms in total. The standard InChI is InChI=1S/C17H22FN3O3/c1-3-17(23)20(2)12-16(22)19-11-13-10-14(18)4-5-15(13)21-6-8-24-9-7-21/h3-5,10H,1,6-9,11-12H2,2H3,(H,19,22). The maximum atomic E-state index is 13.6. The van der Waals surface area contributed by atoms with E-state index in [4.69, 9.17) is 4.74 Å². The summed E-state index contributed by atoms with van der Waals surface area (Å²) in [5.41, 5.74) is 1.58. The SMILES string of the molecule is C=CC(=O)N(C)CC(=O)NCc1cc(F)ccc1N1CCOCC1. The molecule has 1 aliphatic rings. The van der Waals surface area contributed by atoms with Crippen molar-refractivity contribution < 1.29 is 18.7 Å². The molecule has 2 rings (SSSR count). The largest absolute Gasteiger partial charge is 0.378 e. The van der Waals surface area contributed by atoms with E-state index in [2.05, 4.69) is 16.8 Å². The van der Waals surface area contributed by atoms with Crippen LogP contribution in [0.25, 0.3) is 0 Å². The molecule has 0 radical (unpaired) electrons. The van der Waals surface area contributed by atoms with Crippen molar-refractivity contribution >= 4 is 17.5 Å². The van der Waals surface area contributed by atoms with E-state index in [1.54, 1.807) is 6.07 Å². The third-order valence-corrected chi connectivity index (χ3v) is 3.80. The van der Waals surface area contributed by atoms with Gasteiger partial charge in [0.25, 0.3) is 0 Å². The van der Waals surface area contributed by atoms with E-state index < -0.39 is 0 Å². The Kier molecular flexibility index (Phi) is 6.31. The minimum atomic E-state index is -0.352. The number of hydrogen-bond acceptors (Lipinski definition) is 4. The van der Waals surface area contributed by atoms with Gasteiger partial charge in [-0.2, -0.15) is 0 Å². The van der Waals surface area contributed by atoms with Gasteiger partial charge in [0, 0.05) is 32.4 Å². The summed E-state index contributed by atoms with van der Waals surface area (Å²) in [6, 6.07) is 4.55. The number of rotatable bonds is 6. The molecular weight excluding hydrogens is 313 g/mol. The van der Waals surface area contributed by atoms with Crippen molar-refractivity contribution in [3.05, 3.63) is 42.2 Å². The first kappa shape index (κ1) is 17.9. The minimum Gasteiger partial charge on any atom is -0.378 e. The lowest BCUT2D eigenvalue weighted by atomic mass is 10.1. The van der Waals surface area contributed by atoms with Crippen LogP contribution in [0.2, 0.25) is 0 Å². The Hall–Kier alpha value is -2.41. The van der Waals surface area contributed by atoms with E-state index in [-0.39, 0.29) is 30.7 Å². The lowest BCUT2D eigenvalue weighted by Crippen LogP contribution is -2.39. The van der Waals surface area contributed by atoms with E-state index >= 15 is 0 Å². The van der Waals surface area contributed by atoms with Gasteiger partial charge < -0.3 is 19.9 Å². The topological polar surface area (TPSA) is 61.9 Å². The van der Waals surface area contributed by atoms with Gasteiger partial charge in [0.1, 0.15) is 5.82 Å². The first-order valence-electron chi connectivity index (χ1n) is 7.76. The van der Waals surface area contributed by atoms with Gasteiger partial charge in [-0.1, -0.05) is 6.58 Å². The van der Waals surface area contributed by atoms with E-state index in [9.17, 15) is 14.0 Å². The van der Waals surface area contributed by atoms with Gasteiger partial charge in [0.05, 0.1) is 19.8 Å². The molecule has 0 unspecified atom stereocenters. The number of anilines is 1. The second-order valence-electron chi connectivity index (χ2n) is 5.55. The van der Waals surface area contributed by atoms with E-state index in [0.29, 0.717) is 18.8 Å². The summed E-state index contributed by atoms with van der Waals surface area (Å²) in [7, 11) is 1.52. The number of amides is 2. The van der Waals surface area contributed by atoms with Gasteiger partial charge in [-0.05, 0) is 29.8 Å². The molecule has 1 N–H and O–H groups in total. The molecule has 1 aliphatic heterocycles. The summed E-state index contributed by atoms with van der Waals surface area (Å²) in [5.74, 6) is -0.995. The maximum absolute atomic E-state index is 13.6. The predicted octanol–water partition coefficient (Wildman–Crippen LogP) is 0.923. The van der Waals surface area contributed by atoms with Crippen LogP contribution in [-0.2, 0) is 20.9 Å². The van der Waals surface area contributed by atoms with Crippen LogP contribution in [0.1, 0.15) is 5.56 Å². The van der Waals surface area contributed by atoms with E-state index in [0.717, 1.165) is 24.9 Å². The number of nitrogens with one attached hydrogen (secondary N) is 1. The van der Waals surface area contributed by atoms with Crippen LogP contribution < -0.4 is 10.2 Å². The third kappa shape index (κ3) is 4.79. The monoisotopic (exact) mass is 335 g/mol. The smallest absolute Gasteiger partial charge is 0.246 e. The molecule has 1 aromatic carbocycles. The van der Waals surface area contributed by atoms with Crippen molar-refractivity contribution in [2.24, 2.45) is 0 Å². The van der Waals surface area contributed by atoms with Crippen LogP contribution >= 0.6 is 0 Å². The number of morpholine rings is 1. The predicted molar refractivity (Wildman–Crippen MR) is 89.1 cm³/mol. The number of hydrogen-bond donors (Lipinski definition) is 1. The van der Waals surface area contributed by atoms with Crippen LogP contribution in [0.4, 0.5) is 10.1 Å². The maximum Gasteiger partial charge on any atom is 0.246 e. The highest BCUT2D eigenvalue weighted by Crippen LogP contribution is 2.22. The molecule has 0 spiro atoms. The molecule has 0 aliphatic carbocycles. The number of carbonyl (C=O) groups is 2. The van der Waals surface area contributed by atoms with Crippen LogP contribution in [0.3, 0.4) is 0 Å². The van der Waals surface area contributed by atoms with Crippen LogP contribution in [0.15, 0.2) is 30.9 Å². The van der Waals surface area contributed by atoms with Gasteiger partial charge in [0.2, 0.25) is 11.8 Å². The molecule has 7 heteroatoms. The molecular formula is C17H22FN3O3. The Morgan fingerprint density at radius 1 is 1.42 bits per heavy atom. The fraction of sp³-hybridized carbons (Fsp3) is 0.412. The van der Waals surface area contributed by atoms with Crippen LogP contribution in [-0.4, -0.2) is 56.6 Å². The fourth-order valence-corrected chi connectivity index (χ4v) is 2.51. The van der Waals surface area contributed by atoms with Gasteiger partial charge in [0.15, 0.2) is 0 Å². The zero-order valence-corrected chi connectivity index (χ0v) is 13.8. The number of carbonyl (C=O) groups excluding carboxylic acids is 2. The average molecular weight is 335 g/mol. The quantitative estimate of drug-likeness (QED) is 0.786. The van der Waals surface area contributed by atoms with Crippen molar-refractivity contribution in [1.82, 2.24) is 10.2 Å². The molecule has 1 aromatic rings. The Balaban J connectivity index is 2.00. The molecule has 24 heavy (non-hydrogen) atoms. The van der Waals surface area contributed by atoms with E-state index in [1.807, 2.05) is 0 Å². The number of benzene rings is 1. The van der Waals surface area contributed by atoms with E-state index in [1.165, 1.54) is 24.1 Å². The summed E-state index contributed by atoms with van der Waals surface area (Å²) in [6.45, 7) is 6.19. The van der Waals surface area contributed by atoms with Gasteiger partial charge in [-0.25, -0.2) is 4.39 Å². The van der Waals surface area contributed by atoms with Crippen molar-refractivity contribution in [1.29, 1.82) is 0 Å². The second kappa shape index (κ2) is 8.44. The molecule has 0 saturated carbocycles. The fourth-order valence-electron chi connectivity index (χ4n) is 2.51. The summed E-state index contributed by atoms with van der Waals surface area (Å²) in [5, 5.41) is 2.72. The van der Waals surface area contributed by atoms with Crippen molar-refractivity contribution in [2.75, 3.05) is 44.8 Å². The van der Waals surface area contributed by atoms with Crippen molar-refractivity contribution in [3.63, 3.8) is 0 Å². The molecule has 0 bridgehead atoms. The lowest BCUT2D eigenvalue weighted by molar-refractivity contribution is -0.131. The zero-order chi connectivity index (χ0) is 17.5. The third-order valence-electron chi connectivity index (χ3n) is 3.80. The average Bonchev–Trinajstić information content (AvgIpc) is 2.60. The van der Waals surface area contributed by atoms with Gasteiger partial charge >= 0.3 is 0 Å². The first-order valence-corrected chi connectivity index (χ1v) is 7.76. The molecule has 1 fully saturated rings. The zero-order valence-electron chi connectivity index (χ0n) is 13.8. The Labute approximate surface area is 140 Å². The number of halogens is 1. The van der Waals surface area contributed by atoms with Crippen LogP contribution in [0, 0.1) is 5.82 Å². The molecule has 1 saturated heterocycles. The first-order chi connectivity index (χ1) is 11.5. The minimum absolute atomic E-state index is 0.0763. The second-order valence-corrected chi connectivity index (χ2v) is 5.55. The molecule has 1 heterocycles. The molecule has 2 amide bonds. The summed E-state index contributed by atoms with van der Waals surface area (Å²) in [6.07, 6.45) is 1.15. The molecule has 0 atom stereocenters. The molecule has 0 aromatic heterocycles.